The molecule has 0 amide bonds. The smallest absolute Gasteiger partial charge is 0.338 e. The Morgan fingerprint density at radius 3 is 1.84 bits per heavy atom. The Morgan fingerprint density at radius 1 is 0.684 bits per heavy atom. The zero-order valence-electron chi connectivity index (χ0n) is 22.2. The van der Waals surface area contributed by atoms with Gasteiger partial charge in [-0.05, 0) is 74.2 Å². The lowest BCUT2D eigenvalue weighted by Crippen LogP contribution is -2.14. The lowest BCUT2D eigenvalue weighted by molar-refractivity contribution is -0.140. The van der Waals surface area contributed by atoms with E-state index >= 15 is 0 Å². The molecule has 0 aliphatic rings. The van der Waals surface area contributed by atoms with Crippen LogP contribution in [-0.2, 0) is 35.0 Å². The summed E-state index contributed by atoms with van der Waals surface area (Å²) < 4.78 is 20.8. The van der Waals surface area contributed by atoms with Gasteiger partial charge in [-0.25, -0.2) is 19.2 Å². The van der Waals surface area contributed by atoms with Gasteiger partial charge in [0.25, 0.3) is 0 Å². The Labute approximate surface area is 222 Å². The van der Waals surface area contributed by atoms with Gasteiger partial charge in [-0.1, -0.05) is 31.9 Å². The van der Waals surface area contributed by atoms with Crippen molar-refractivity contribution in [2.75, 3.05) is 19.8 Å². The molecule has 8 heteroatoms. The van der Waals surface area contributed by atoms with E-state index in [0.717, 1.165) is 11.1 Å². The summed E-state index contributed by atoms with van der Waals surface area (Å²) in [5.74, 6) is -1.80. The second-order valence-electron chi connectivity index (χ2n) is 8.79. The molecule has 0 atom stereocenters. The van der Waals surface area contributed by atoms with E-state index in [4.69, 9.17) is 18.9 Å². The van der Waals surface area contributed by atoms with E-state index in [1.807, 2.05) is 12.1 Å². The van der Waals surface area contributed by atoms with Crippen LogP contribution >= 0.6 is 0 Å². The van der Waals surface area contributed by atoms with E-state index in [0.29, 0.717) is 28.9 Å². The second kappa shape index (κ2) is 13.7. The van der Waals surface area contributed by atoms with Gasteiger partial charge in [-0.15, -0.1) is 0 Å². The summed E-state index contributed by atoms with van der Waals surface area (Å²) in [7, 11) is 0. The summed E-state index contributed by atoms with van der Waals surface area (Å²) in [6.45, 7) is 16.9. The highest BCUT2D eigenvalue weighted by Gasteiger charge is 2.15. The minimum Gasteiger partial charge on any atom is -0.462 e. The average Bonchev–Trinajstić information content (AvgIpc) is 2.86. The van der Waals surface area contributed by atoms with Crippen molar-refractivity contribution in [3.63, 3.8) is 0 Å². The molecule has 2 aromatic carbocycles. The Kier molecular flexibility index (Phi) is 10.8. The fourth-order valence-electron chi connectivity index (χ4n) is 3.11. The van der Waals surface area contributed by atoms with Gasteiger partial charge in [0.05, 0.1) is 12.2 Å². The van der Waals surface area contributed by atoms with Gasteiger partial charge in [-0.2, -0.15) is 0 Å². The van der Waals surface area contributed by atoms with Crippen LogP contribution < -0.4 is 4.74 Å². The molecule has 2 aromatic rings. The normalized spacial score (nSPS) is 10.2. The van der Waals surface area contributed by atoms with Crippen molar-refractivity contribution < 1.29 is 38.1 Å². The van der Waals surface area contributed by atoms with E-state index in [9.17, 15) is 19.2 Å². The Bertz CT molecular complexity index is 1290. The lowest BCUT2D eigenvalue weighted by Gasteiger charge is -2.13. The molecule has 0 radical (unpaired) electrons. The van der Waals surface area contributed by atoms with Crippen molar-refractivity contribution >= 4 is 23.9 Å². The summed E-state index contributed by atoms with van der Waals surface area (Å²) >= 11 is 0. The van der Waals surface area contributed by atoms with E-state index in [-0.39, 0.29) is 36.5 Å². The van der Waals surface area contributed by atoms with Crippen LogP contribution in [0.4, 0.5) is 0 Å². The third kappa shape index (κ3) is 8.89. The number of carbonyl (C=O) groups is 4. The zero-order chi connectivity index (χ0) is 28.4. The summed E-state index contributed by atoms with van der Waals surface area (Å²) in [4.78, 5) is 47.9. The minimum absolute atomic E-state index is 0.0926. The summed E-state index contributed by atoms with van der Waals surface area (Å²) in [6.07, 6.45) is 0.344. The number of hydrogen-bond donors (Lipinski definition) is 0. The van der Waals surface area contributed by atoms with Gasteiger partial charge < -0.3 is 18.9 Å². The van der Waals surface area contributed by atoms with Crippen LogP contribution in [0.25, 0.3) is 11.1 Å². The SMILES string of the molecule is C=C(C)C(=O)OCCOC(=O)c1cc(CCOC(=O)C(=C)C)cc(-c2ccc(OC(=O)C(=C)C)c(C)c2)c1. The Balaban J connectivity index is 2.28. The Morgan fingerprint density at radius 2 is 1.26 bits per heavy atom. The fraction of sp³-hybridized carbons (Fsp3) is 0.267. The number of rotatable bonds is 12. The van der Waals surface area contributed by atoms with Gasteiger partial charge in [0.1, 0.15) is 19.0 Å². The van der Waals surface area contributed by atoms with E-state index in [1.54, 1.807) is 45.0 Å². The van der Waals surface area contributed by atoms with Gasteiger partial charge in [0.15, 0.2) is 0 Å². The Hall–Kier alpha value is -4.46. The highest BCUT2D eigenvalue weighted by molar-refractivity contribution is 5.92. The molecular weight excluding hydrogens is 488 g/mol. The maximum Gasteiger partial charge on any atom is 0.338 e. The van der Waals surface area contributed by atoms with Gasteiger partial charge in [-0.3, -0.25) is 0 Å². The molecule has 200 valence electrons. The third-order valence-electron chi connectivity index (χ3n) is 5.16. The molecular formula is C30H32O8. The number of aryl methyl sites for hydroxylation is 1. The molecule has 8 nitrogen and oxygen atoms in total. The number of ether oxygens (including phenoxy) is 4. The van der Waals surface area contributed by atoms with Gasteiger partial charge >= 0.3 is 23.9 Å². The van der Waals surface area contributed by atoms with Crippen LogP contribution in [0, 0.1) is 6.92 Å². The van der Waals surface area contributed by atoms with Crippen LogP contribution in [0.2, 0.25) is 0 Å². The molecule has 0 fully saturated rings. The predicted octanol–water partition coefficient (Wildman–Crippen LogP) is 5.08. The highest BCUT2D eigenvalue weighted by Crippen LogP contribution is 2.29. The van der Waals surface area contributed by atoms with Crippen LogP contribution in [0.1, 0.15) is 42.3 Å². The van der Waals surface area contributed by atoms with E-state index < -0.39 is 23.9 Å². The molecule has 0 aliphatic heterocycles. The number of carbonyl (C=O) groups excluding carboxylic acids is 4. The maximum absolute atomic E-state index is 12.8. The molecule has 0 bridgehead atoms. The van der Waals surface area contributed by atoms with Gasteiger partial charge in [0, 0.05) is 23.1 Å². The quantitative estimate of drug-likeness (QED) is 0.125. The molecule has 0 aromatic heterocycles. The molecule has 2 rings (SSSR count). The van der Waals surface area contributed by atoms with Crippen molar-refractivity contribution in [2.45, 2.75) is 34.1 Å². The number of esters is 4. The van der Waals surface area contributed by atoms with E-state index in [2.05, 4.69) is 19.7 Å². The molecule has 38 heavy (non-hydrogen) atoms. The fourth-order valence-corrected chi connectivity index (χ4v) is 3.11. The van der Waals surface area contributed by atoms with Crippen molar-refractivity contribution in [2.24, 2.45) is 0 Å². The number of benzene rings is 2. The monoisotopic (exact) mass is 520 g/mol. The molecule has 0 N–H and O–H groups in total. The molecule has 0 unspecified atom stereocenters. The summed E-state index contributed by atoms with van der Waals surface area (Å²) in [5, 5.41) is 0. The van der Waals surface area contributed by atoms with E-state index in [1.165, 1.54) is 6.92 Å². The average molecular weight is 521 g/mol. The molecule has 0 aliphatic carbocycles. The first-order valence-electron chi connectivity index (χ1n) is 11.8. The lowest BCUT2D eigenvalue weighted by atomic mass is 9.97. The molecule has 0 heterocycles. The standard InChI is InChI=1S/C30H32O8/c1-18(2)27(31)35-11-10-22-15-24(23-8-9-26(21(7)14-23)38-29(33)20(5)6)17-25(16-22)30(34)37-13-12-36-28(32)19(3)4/h8-9,14-17H,1,3,5,10-13H2,2,4,6-7H3. The predicted molar refractivity (Wildman–Crippen MR) is 143 cm³/mol. The molecule has 0 saturated heterocycles. The first-order valence-corrected chi connectivity index (χ1v) is 11.8. The second-order valence-corrected chi connectivity index (χ2v) is 8.79. The van der Waals surface area contributed by atoms with Crippen LogP contribution in [-0.4, -0.2) is 43.7 Å². The molecule has 0 saturated carbocycles. The van der Waals surface area contributed by atoms with Crippen LogP contribution in [0.5, 0.6) is 5.75 Å². The minimum atomic E-state index is -0.609. The zero-order valence-corrected chi connectivity index (χ0v) is 22.2. The van der Waals surface area contributed by atoms with Crippen molar-refractivity contribution in [3.8, 4) is 16.9 Å². The van der Waals surface area contributed by atoms with Crippen LogP contribution in [0.3, 0.4) is 0 Å². The van der Waals surface area contributed by atoms with Crippen molar-refractivity contribution in [3.05, 3.63) is 89.5 Å². The first kappa shape index (κ1) is 29.8. The summed E-state index contributed by atoms with van der Waals surface area (Å²) in [5.41, 5.74) is 4.00. The van der Waals surface area contributed by atoms with Crippen LogP contribution in [0.15, 0.2) is 72.9 Å². The third-order valence-corrected chi connectivity index (χ3v) is 5.16. The largest absolute Gasteiger partial charge is 0.462 e. The van der Waals surface area contributed by atoms with Crippen molar-refractivity contribution in [1.29, 1.82) is 0 Å². The van der Waals surface area contributed by atoms with Gasteiger partial charge in [0.2, 0.25) is 0 Å². The topological polar surface area (TPSA) is 105 Å². The molecule has 0 spiro atoms. The van der Waals surface area contributed by atoms with Crippen molar-refractivity contribution in [1.82, 2.24) is 0 Å². The maximum atomic E-state index is 12.8. The highest BCUT2D eigenvalue weighted by atomic mass is 16.6. The summed E-state index contributed by atoms with van der Waals surface area (Å²) in [6, 6.07) is 10.4. The number of hydrogen-bond acceptors (Lipinski definition) is 8. The first-order chi connectivity index (χ1) is 17.9.